The molecule has 0 aliphatic carbocycles. The van der Waals surface area contributed by atoms with E-state index in [1.165, 1.54) is 68.8 Å². The van der Waals surface area contributed by atoms with E-state index in [2.05, 4.69) is 63.8 Å². The van der Waals surface area contributed by atoms with Gasteiger partial charge in [0.15, 0.2) is 0 Å². The Balaban J connectivity index is 1.45. The van der Waals surface area contributed by atoms with E-state index in [0.717, 1.165) is 18.3 Å². The maximum absolute atomic E-state index is 4.63. The van der Waals surface area contributed by atoms with E-state index in [4.69, 9.17) is 0 Å². The van der Waals surface area contributed by atoms with Crippen LogP contribution in [-0.2, 0) is 6.54 Å². The highest BCUT2D eigenvalue weighted by molar-refractivity contribution is 5.37. The van der Waals surface area contributed by atoms with Crippen LogP contribution in [0.1, 0.15) is 42.6 Å². The van der Waals surface area contributed by atoms with Gasteiger partial charge < -0.3 is 0 Å². The molecule has 2 aliphatic heterocycles. The zero-order valence-electron chi connectivity index (χ0n) is 15.6. The van der Waals surface area contributed by atoms with E-state index in [1.54, 1.807) is 0 Å². The van der Waals surface area contributed by atoms with Crippen molar-refractivity contribution >= 4 is 0 Å². The summed E-state index contributed by atoms with van der Waals surface area (Å²) >= 11 is 0. The number of likely N-dealkylation sites (tertiary alicyclic amines) is 2. The molecule has 1 atom stereocenters. The van der Waals surface area contributed by atoms with E-state index in [-0.39, 0.29) is 0 Å². The second kappa shape index (κ2) is 7.30. The van der Waals surface area contributed by atoms with Crippen molar-refractivity contribution in [1.82, 2.24) is 19.6 Å². The summed E-state index contributed by atoms with van der Waals surface area (Å²) < 4.78 is 2.06. The summed E-state index contributed by atoms with van der Waals surface area (Å²) in [6.07, 6.45) is 5.49. The van der Waals surface area contributed by atoms with E-state index < -0.39 is 0 Å². The van der Waals surface area contributed by atoms with Crippen LogP contribution < -0.4 is 0 Å². The molecule has 2 aliphatic rings. The van der Waals surface area contributed by atoms with E-state index in [0.29, 0.717) is 0 Å². The first-order valence-corrected chi connectivity index (χ1v) is 9.78. The molecule has 4 nitrogen and oxygen atoms in total. The summed E-state index contributed by atoms with van der Waals surface area (Å²) in [6.45, 7) is 10.3. The van der Waals surface area contributed by atoms with Gasteiger partial charge in [-0.3, -0.25) is 9.80 Å². The summed E-state index contributed by atoms with van der Waals surface area (Å²) in [6, 6.07) is 11.8. The molecule has 0 spiro atoms. The molecule has 2 saturated heterocycles. The zero-order valence-corrected chi connectivity index (χ0v) is 15.6. The predicted octanol–water partition coefficient (Wildman–Crippen LogP) is 3.55. The van der Waals surface area contributed by atoms with Gasteiger partial charge in [0, 0.05) is 24.8 Å². The maximum atomic E-state index is 4.63. The van der Waals surface area contributed by atoms with Crippen molar-refractivity contribution in [3.05, 3.63) is 47.3 Å². The molecule has 0 N–H and O–H groups in total. The Morgan fingerprint density at radius 1 is 1.04 bits per heavy atom. The number of aryl methyl sites for hydroxylation is 2. The molecular formula is C21H30N4. The first-order valence-electron chi connectivity index (χ1n) is 9.78. The zero-order chi connectivity index (χ0) is 17.2. The average molecular weight is 338 g/mol. The van der Waals surface area contributed by atoms with Gasteiger partial charge in [0.1, 0.15) is 0 Å². The molecule has 1 unspecified atom stereocenters. The smallest absolute Gasteiger partial charge is 0.0651 e. The molecule has 2 fully saturated rings. The van der Waals surface area contributed by atoms with Crippen LogP contribution in [0.3, 0.4) is 0 Å². The molecule has 1 aromatic carbocycles. The Kier molecular flexibility index (Phi) is 4.91. The maximum Gasteiger partial charge on any atom is 0.0651 e. The first kappa shape index (κ1) is 16.8. The van der Waals surface area contributed by atoms with Crippen molar-refractivity contribution in [2.75, 3.05) is 26.2 Å². The molecule has 4 heteroatoms. The lowest BCUT2D eigenvalue weighted by Gasteiger charge is -2.37. The van der Waals surface area contributed by atoms with Gasteiger partial charge in [0.25, 0.3) is 0 Å². The first-order chi connectivity index (χ1) is 12.2. The SMILES string of the molecule is Cc1cc(C)n(-c2cccc(CN3CCCC(N4CCCC4)C3)c2)n1. The van der Waals surface area contributed by atoms with Crippen molar-refractivity contribution in [1.29, 1.82) is 0 Å². The Morgan fingerprint density at radius 3 is 2.64 bits per heavy atom. The molecule has 0 bridgehead atoms. The largest absolute Gasteiger partial charge is 0.299 e. The monoisotopic (exact) mass is 338 g/mol. The van der Waals surface area contributed by atoms with Crippen molar-refractivity contribution < 1.29 is 0 Å². The third-order valence-corrected chi connectivity index (χ3v) is 5.71. The lowest BCUT2D eigenvalue weighted by molar-refractivity contribution is 0.110. The summed E-state index contributed by atoms with van der Waals surface area (Å²) in [5.74, 6) is 0. The van der Waals surface area contributed by atoms with Crippen molar-refractivity contribution in [2.45, 2.75) is 52.1 Å². The molecule has 0 radical (unpaired) electrons. The molecule has 1 aromatic heterocycles. The quantitative estimate of drug-likeness (QED) is 0.852. The van der Waals surface area contributed by atoms with Crippen LogP contribution in [-0.4, -0.2) is 51.8 Å². The number of aromatic nitrogens is 2. The van der Waals surface area contributed by atoms with Crippen LogP contribution in [0.5, 0.6) is 0 Å². The highest BCUT2D eigenvalue weighted by Gasteiger charge is 2.27. The number of nitrogens with zero attached hydrogens (tertiary/aromatic N) is 4. The lowest BCUT2D eigenvalue weighted by Crippen LogP contribution is -2.46. The number of hydrogen-bond acceptors (Lipinski definition) is 3. The summed E-state index contributed by atoms with van der Waals surface area (Å²) in [5.41, 5.74) is 4.84. The van der Waals surface area contributed by atoms with E-state index in [9.17, 15) is 0 Å². The average Bonchev–Trinajstić information content (AvgIpc) is 3.25. The van der Waals surface area contributed by atoms with Crippen molar-refractivity contribution in [3.63, 3.8) is 0 Å². The fourth-order valence-corrected chi connectivity index (χ4v) is 4.51. The minimum atomic E-state index is 0.774. The van der Waals surface area contributed by atoms with Crippen LogP contribution in [0, 0.1) is 13.8 Å². The van der Waals surface area contributed by atoms with E-state index in [1.807, 2.05) is 0 Å². The molecule has 2 aromatic rings. The second-order valence-electron chi connectivity index (χ2n) is 7.78. The Hall–Kier alpha value is -1.65. The van der Waals surface area contributed by atoms with Gasteiger partial charge in [-0.1, -0.05) is 12.1 Å². The second-order valence-corrected chi connectivity index (χ2v) is 7.78. The molecule has 134 valence electrons. The number of hydrogen-bond donors (Lipinski definition) is 0. The standard InChI is InChI=1S/C21H30N4/c1-17-13-18(2)25(22-17)20-8-5-7-19(14-20)15-23-10-6-9-21(16-23)24-11-3-4-12-24/h5,7-8,13-14,21H,3-4,6,9-12,15-16H2,1-2H3. The molecule has 4 rings (SSSR count). The molecule has 3 heterocycles. The van der Waals surface area contributed by atoms with Gasteiger partial charge in [-0.15, -0.1) is 0 Å². The Bertz CT molecular complexity index is 714. The number of rotatable bonds is 4. The highest BCUT2D eigenvalue weighted by atomic mass is 15.3. The van der Waals surface area contributed by atoms with Crippen LogP contribution >= 0.6 is 0 Å². The Morgan fingerprint density at radius 2 is 1.88 bits per heavy atom. The summed E-state index contributed by atoms with van der Waals surface area (Å²) in [4.78, 5) is 5.37. The third kappa shape index (κ3) is 3.80. The van der Waals surface area contributed by atoms with Gasteiger partial charge in [0.2, 0.25) is 0 Å². The predicted molar refractivity (Wildman–Crippen MR) is 102 cm³/mol. The van der Waals surface area contributed by atoms with Crippen molar-refractivity contribution in [3.8, 4) is 5.69 Å². The summed E-state index contributed by atoms with van der Waals surface area (Å²) in [7, 11) is 0. The third-order valence-electron chi connectivity index (χ3n) is 5.71. The van der Waals surface area contributed by atoms with Gasteiger partial charge in [-0.25, -0.2) is 4.68 Å². The summed E-state index contributed by atoms with van der Waals surface area (Å²) in [5, 5.41) is 4.63. The lowest BCUT2D eigenvalue weighted by atomic mass is 10.0. The van der Waals surface area contributed by atoms with Crippen LogP contribution in [0.2, 0.25) is 0 Å². The van der Waals surface area contributed by atoms with Crippen LogP contribution in [0.25, 0.3) is 5.69 Å². The fraction of sp³-hybridized carbons (Fsp3) is 0.571. The molecule has 0 saturated carbocycles. The topological polar surface area (TPSA) is 24.3 Å². The molecule has 0 amide bonds. The van der Waals surface area contributed by atoms with Gasteiger partial charge >= 0.3 is 0 Å². The Labute approximate surface area is 151 Å². The number of piperidine rings is 1. The van der Waals surface area contributed by atoms with Crippen molar-refractivity contribution in [2.24, 2.45) is 0 Å². The van der Waals surface area contributed by atoms with Gasteiger partial charge in [-0.05, 0) is 82.9 Å². The fourth-order valence-electron chi connectivity index (χ4n) is 4.51. The minimum absolute atomic E-state index is 0.774. The molecule has 25 heavy (non-hydrogen) atoms. The van der Waals surface area contributed by atoms with E-state index >= 15 is 0 Å². The van der Waals surface area contributed by atoms with Crippen LogP contribution in [0.15, 0.2) is 30.3 Å². The van der Waals surface area contributed by atoms with Gasteiger partial charge in [-0.2, -0.15) is 5.10 Å². The van der Waals surface area contributed by atoms with Crippen LogP contribution in [0.4, 0.5) is 0 Å². The number of benzene rings is 1. The van der Waals surface area contributed by atoms with Gasteiger partial charge in [0.05, 0.1) is 11.4 Å². The normalized spacial score (nSPS) is 22.6. The molecular weight excluding hydrogens is 308 g/mol. The minimum Gasteiger partial charge on any atom is -0.299 e. The highest BCUT2D eigenvalue weighted by Crippen LogP contribution is 2.22.